The molecule has 0 N–H and O–H groups in total. The Bertz CT molecular complexity index is 3460. The van der Waals surface area contributed by atoms with Crippen LogP contribution in [0.5, 0.6) is 34.5 Å². The van der Waals surface area contributed by atoms with Crippen LogP contribution in [-0.2, 0) is 19.6 Å². The molecule has 6 unspecified atom stereocenters. The van der Waals surface area contributed by atoms with E-state index in [-0.39, 0.29) is 36.3 Å². The van der Waals surface area contributed by atoms with Crippen LogP contribution in [0.3, 0.4) is 0 Å². The van der Waals surface area contributed by atoms with Crippen LogP contribution < -0.4 is 45.1 Å². The van der Waals surface area contributed by atoms with Gasteiger partial charge in [0.2, 0.25) is 0 Å². The molecule has 10 rings (SSSR count). The zero-order chi connectivity index (χ0) is 73.0. The first kappa shape index (κ1) is 81.8. The molecule has 6 aromatic carbocycles. The maximum Gasteiger partial charge on any atom is 0.258 e. The highest BCUT2D eigenvalue weighted by Crippen LogP contribution is 2.33. The van der Waals surface area contributed by atoms with Crippen LogP contribution in [0.4, 0.5) is 0 Å². The Labute approximate surface area is 613 Å². The van der Waals surface area contributed by atoms with Crippen LogP contribution in [0.2, 0.25) is 0 Å². The van der Waals surface area contributed by atoms with Gasteiger partial charge in [0.1, 0.15) is 34.5 Å². The van der Waals surface area contributed by atoms with E-state index in [0.29, 0.717) is 125 Å². The molecule has 4 aromatic heterocycles. The first-order valence-corrected chi connectivity index (χ1v) is 40.2. The van der Waals surface area contributed by atoms with Gasteiger partial charge >= 0.3 is 0 Å². The maximum atomic E-state index is 15.8. The number of aromatic nitrogens is 3. The molecule has 12 nitrogen and oxygen atoms in total. The lowest BCUT2D eigenvalue weighted by molar-refractivity contribution is 0.221. The van der Waals surface area contributed by atoms with E-state index in [1.54, 1.807) is 13.7 Å². The summed E-state index contributed by atoms with van der Waals surface area (Å²) >= 11 is 0. The molecule has 4 heterocycles. The summed E-state index contributed by atoms with van der Waals surface area (Å²) in [6.07, 6.45) is 26.2. The normalized spacial score (nSPS) is 13.3. The van der Waals surface area contributed by atoms with Crippen molar-refractivity contribution in [3.05, 3.63) is 175 Å². The molecule has 12 heteroatoms. The van der Waals surface area contributed by atoms with E-state index >= 15 is 14.4 Å². The van der Waals surface area contributed by atoms with E-state index in [0.717, 1.165) is 188 Å². The number of fused-ring (bicyclic) bond motifs is 3. The monoisotopic (exact) mass is 1400 g/mol. The Hall–Kier alpha value is -7.47. The van der Waals surface area contributed by atoms with Crippen LogP contribution in [0.1, 0.15) is 254 Å². The molecule has 0 fully saturated rings. The molecule has 0 radical (unpaired) electrons. The molecule has 0 spiro atoms. The van der Waals surface area contributed by atoms with Crippen LogP contribution in [0.15, 0.2) is 142 Å². The third-order valence-corrected chi connectivity index (χ3v) is 21.3. The molecule has 0 saturated carbocycles. The molecule has 0 aliphatic rings. The summed E-state index contributed by atoms with van der Waals surface area (Å²) < 4.78 is 45.7. The van der Waals surface area contributed by atoms with Crippen molar-refractivity contribution in [1.29, 1.82) is 0 Å². The van der Waals surface area contributed by atoms with E-state index in [1.807, 2.05) is 127 Å². The van der Waals surface area contributed by atoms with Crippen molar-refractivity contribution in [2.45, 2.75) is 257 Å². The van der Waals surface area contributed by atoms with Gasteiger partial charge in [0.15, 0.2) is 0 Å². The predicted octanol–water partition coefficient (Wildman–Crippen LogP) is 23.0. The van der Waals surface area contributed by atoms with Crippen LogP contribution in [-0.4, -0.2) is 53.3 Å². The van der Waals surface area contributed by atoms with Crippen LogP contribution >= 0.6 is 0 Å². The number of hydrogen-bond donors (Lipinski definition) is 0. The Morgan fingerprint density at radius 1 is 0.265 bits per heavy atom. The molecule has 0 aliphatic carbocycles. The lowest BCUT2D eigenvalue weighted by Gasteiger charge is -2.20. The summed E-state index contributed by atoms with van der Waals surface area (Å²) in [5.41, 5.74) is 3.49. The quantitative estimate of drug-likeness (QED) is 0.0367. The van der Waals surface area contributed by atoms with E-state index in [1.165, 1.54) is 0 Å². The molecule has 10 aromatic rings. The summed E-state index contributed by atoms with van der Waals surface area (Å²) in [7, 11) is 0. The number of unbranched alkanes of at least 4 members (excludes halogenated alkanes) is 6. The highest BCUT2D eigenvalue weighted by Gasteiger charge is 2.20. The predicted molar refractivity (Wildman–Crippen MR) is 428 cm³/mol. The third-order valence-electron chi connectivity index (χ3n) is 21.3. The van der Waals surface area contributed by atoms with Crippen molar-refractivity contribution in [2.75, 3.05) is 39.6 Å². The number of nitrogens with zero attached hydrogens (tertiary/aromatic N) is 3. The highest BCUT2D eigenvalue weighted by molar-refractivity contribution is 5.66. The Morgan fingerprint density at radius 3 is 0.667 bits per heavy atom. The van der Waals surface area contributed by atoms with Crippen molar-refractivity contribution in [1.82, 2.24) is 13.7 Å². The van der Waals surface area contributed by atoms with Gasteiger partial charge in [-0.3, -0.25) is 14.4 Å². The SMILES string of the molecule is CCCCC(CC)COc1ccc(Cn2c(=O)c3ccc(cc3)n(Cc3ccc(OCC(CC)CCCC)cc3OCC(CC)CCCC)c(=O)c3ccc(cc3)n(Cc3ccc(OCC(CC)CCCC)cc3OCC(CC)CCCC)c(=O)c3ccc2cc3)c(OCC(CC)CCCC)c1. The van der Waals surface area contributed by atoms with Gasteiger partial charge < -0.3 is 42.1 Å². The standard InChI is InChI=1S/C90H129N3O9/c1-13-25-31-67(19-7)61-97-82-52-43-76(85(55-82)100-64-70(22-10)34-28-16-4)58-91-79-46-37-74(38-47-79)89(95)93(60-78-45-54-84(99-63-69(21-9)33-27-15-3)57-87(78)102-66-72(24-12)36-30-18-6)81-50-41-75(42-51-81)90(96)92(80-48-39-73(40-49-80)88(91)94)59-77-44-53-83(98-62-68(20-8)32-26-14-2)56-86(77)101-65-71(23-11)35-29-17-5/h37-57,67-72H,13-36,58-66H2,1-12H3. The van der Waals surface area contributed by atoms with Gasteiger partial charge in [-0.05, 0) is 183 Å². The molecule has 6 atom stereocenters. The summed E-state index contributed by atoms with van der Waals surface area (Å²) in [4.78, 5) is 47.3. The van der Waals surface area contributed by atoms with Gasteiger partial charge in [-0.25, -0.2) is 0 Å². The lowest BCUT2D eigenvalue weighted by atomic mass is 10.0. The molecule has 0 aliphatic heterocycles. The maximum absolute atomic E-state index is 15.8. The van der Waals surface area contributed by atoms with Crippen molar-refractivity contribution in [2.24, 2.45) is 35.5 Å². The highest BCUT2D eigenvalue weighted by atomic mass is 16.5. The minimum Gasteiger partial charge on any atom is -0.493 e. The van der Waals surface area contributed by atoms with Crippen molar-refractivity contribution < 1.29 is 28.4 Å². The fourth-order valence-electron chi connectivity index (χ4n) is 13.5. The lowest BCUT2D eigenvalue weighted by Crippen LogP contribution is -2.22. The minimum absolute atomic E-state index is 0.154. The summed E-state index contributed by atoms with van der Waals surface area (Å²) in [5.74, 6) is 6.61. The second-order valence-electron chi connectivity index (χ2n) is 29.0. The van der Waals surface area contributed by atoms with Crippen LogP contribution in [0, 0.1) is 35.5 Å². The zero-order valence-electron chi connectivity index (χ0n) is 64.9. The second kappa shape index (κ2) is 44.9. The smallest absolute Gasteiger partial charge is 0.258 e. The van der Waals surface area contributed by atoms with Gasteiger partial charge in [-0.1, -0.05) is 199 Å². The number of benzene rings is 6. The fourth-order valence-corrected chi connectivity index (χ4v) is 13.5. The largest absolute Gasteiger partial charge is 0.493 e. The third kappa shape index (κ3) is 25.2. The average Bonchev–Trinajstić information content (AvgIpc) is 0.791. The summed E-state index contributed by atoms with van der Waals surface area (Å²) in [6, 6.07) is 40.3. The van der Waals surface area contributed by atoms with Crippen molar-refractivity contribution in [3.8, 4) is 34.5 Å². The van der Waals surface area contributed by atoms with Crippen LogP contribution in [0.25, 0.3) is 32.7 Å². The average molecular weight is 1400 g/mol. The second-order valence-corrected chi connectivity index (χ2v) is 29.0. The Kier molecular flexibility index (Phi) is 36.0. The molecule has 558 valence electrons. The number of rotatable bonds is 48. The number of hydrogen-bond acceptors (Lipinski definition) is 9. The van der Waals surface area contributed by atoms with Gasteiger partial charge in [0, 0.05) is 67.6 Å². The van der Waals surface area contributed by atoms with Gasteiger partial charge in [0.25, 0.3) is 16.7 Å². The van der Waals surface area contributed by atoms with Gasteiger partial charge in [-0.15, -0.1) is 0 Å². The molecular formula is C90H129N3O9. The van der Waals surface area contributed by atoms with Gasteiger partial charge in [-0.2, -0.15) is 0 Å². The van der Waals surface area contributed by atoms with E-state index < -0.39 is 0 Å². The minimum atomic E-state index is -0.260. The first-order chi connectivity index (χ1) is 49.8. The number of ether oxygens (including phenoxy) is 6. The van der Waals surface area contributed by atoms with E-state index in [2.05, 4.69) is 83.1 Å². The first-order valence-electron chi connectivity index (χ1n) is 40.2. The topological polar surface area (TPSA) is 121 Å². The van der Waals surface area contributed by atoms with E-state index in [4.69, 9.17) is 28.4 Å². The fraction of sp³-hybridized carbons (Fsp3) is 0.567. The summed E-state index contributed by atoms with van der Waals surface area (Å²) in [5, 5.41) is 1.27. The molecule has 6 bridgehead atoms. The Balaban J connectivity index is 1.48. The molecular weight excluding hydrogens is 1270 g/mol. The van der Waals surface area contributed by atoms with Crippen molar-refractivity contribution >= 4 is 32.7 Å². The van der Waals surface area contributed by atoms with Gasteiger partial charge in [0.05, 0.1) is 59.3 Å². The summed E-state index contributed by atoms with van der Waals surface area (Å²) in [6.45, 7) is 30.7. The van der Waals surface area contributed by atoms with E-state index in [9.17, 15) is 0 Å². The molecule has 102 heavy (non-hydrogen) atoms. The molecule has 0 saturated heterocycles. The molecule has 0 amide bonds. The Morgan fingerprint density at radius 2 is 0.471 bits per heavy atom. The zero-order valence-corrected chi connectivity index (χ0v) is 64.9. The van der Waals surface area contributed by atoms with Crippen molar-refractivity contribution in [3.63, 3.8) is 0 Å².